The number of allylic oxidation sites excluding steroid dienone is 6. The van der Waals surface area contributed by atoms with E-state index in [9.17, 15) is 56.7 Å². The molecule has 16 nitrogen and oxygen atoms in total. The van der Waals surface area contributed by atoms with Crippen LogP contribution in [0.25, 0.3) is 21.5 Å². The number of unbranched alkanes of at least 4 members (excludes halogenated alkanes) is 2. The molecule has 0 amide bonds. The van der Waals surface area contributed by atoms with E-state index < -0.39 is 76.9 Å². The number of anilines is 1. The second kappa shape index (κ2) is 17.7. The Morgan fingerprint density at radius 3 is 1.69 bits per heavy atom. The molecule has 0 unspecified atom stereocenters. The molecule has 2 heterocycles. The quantitative estimate of drug-likeness (QED) is 0.0396. The monoisotopic (exact) mass is 956 g/mol. The summed E-state index contributed by atoms with van der Waals surface area (Å²) in [6.45, 7) is 10.2. The summed E-state index contributed by atoms with van der Waals surface area (Å²) < 4.78 is 141. The van der Waals surface area contributed by atoms with Gasteiger partial charge in [0.2, 0.25) is 5.69 Å². The van der Waals surface area contributed by atoms with Crippen molar-refractivity contribution in [2.45, 2.75) is 90.7 Å². The van der Waals surface area contributed by atoms with Crippen molar-refractivity contribution >= 4 is 85.1 Å². The first-order chi connectivity index (χ1) is 28.1. The fourth-order valence-corrected chi connectivity index (χ4v) is 11.3. The summed E-state index contributed by atoms with van der Waals surface area (Å²) in [5, 5.41) is 9.62. The molecule has 4 aromatic rings. The predicted octanol–water partition coefficient (Wildman–Crippen LogP) is 3.82. The van der Waals surface area contributed by atoms with Gasteiger partial charge < -0.3 is 10.0 Å². The minimum Gasteiger partial charge on any atom is -0.481 e. The molecule has 0 fully saturated rings. The van der Waals surface area contributed by atoms with Crippen LogP contribution >= 0.6 is 0 Å². The van der Waals surface area contributed by atoms with Gasteiger partial charge in [-0.05, 0) is 92.4 Å². The summed E-state index contributed by atoms with van der Waals surface area (Å²) in [5.74, 6) is -0.918. The fourth-order valence-electron chi connectivity index (χ4n) is 8.66. The van der Waals surface area contributed by atoms with Crippen molar-refractivity contribution in [3.8, 4) is 0 Å². The number of carboxylic acids is 1. The van der Waals surface area contributed by atoms with E-state index in [1.54, 1.807) is 30.4 Å². The van der Waals surface area contributed by atoms with Crippen LogP contribution in [0.2, 0.25) is 0 Å². The van der Waals surface area contributed by atoms with E-state index >= 15 is 0 Å². The zero-order valence-corrected chi connectivity index (χ0v) is 41.1. The second-order valence-corrected chi connectivity index (χ2v) is 21.5. The number of hydrogen-bond acceptors (Lipinski definition) is 10. The molecule has 0 atom stereocenters. The summed E-state index contributed by atoms with van der Waals surface area (Å²) >= 11 is 0. The summed E-state index contributed by atoms with van der Waals surface area (Å²) in [5.41, 5.74) is 2.05. The number of benzene rings is 4. The number of nitrogens with zero attached hydrogens (tertiary/aromatic N) is 2. The van der Waals surface area contributed by atoms with Gasteiger partial charge in [0.15, 0.2) is 5.71 Å². The Bertz CT molecular complexity index is 3140. The summed E-state index contributed by atoms with van der Waals surface area (Å²) in [6.07, 6.45) is 10.5. The molecular formula is C41H45KN2O14S4+2. The van der Waals surface area contributed by atoms with Gasteiger partial charge in [-0.3, -0.25) is 23.0 Å². The van der Waals surface area contributed by atoms with E-state index in [2.05, 4.69) is 0 Å². The molecule has 0 saturated heterocycles. The summed E-state index contributed by atoms with van der Waals surface area (Å²) in [4.78, 5) is 10.3. The molecule has 0 aliphatic carbocycles. The number of likely N-dealkylation sites (N-methyl/N-ethyl adjacent to an activating group) is 1. The van der Waals surface area contributed by atoms with Crippen LogP contribution < -0.4 is 56.3 Å². The van der Waals surface area contributed by atoms with E-state index in [4.69, 9.17) is 5.11 Å². The Hall–Kier alpha value is -3.16. The molecule has 2 aliphatic heterocycles. The van der Waals surface area contributed by atoms with Crippen molar-refractivity contribution in [3.05, 3.63) is 95.7 Å². The molecule has 0 bridgehead atoms. The van der Waals surface area contributed by atoms with Gasteiger partial charge in [0, 0.05) is 64.7 Å². The minimum absolute atomic E-state index is 0. The SMILES string of the molecule is CCN1\C(=C/C=C/C=C/C2=[N+](CCCCCC(=O)O)c3ccc4c(S(=O)(=O)O)cc(S(=O)(=O)O)cc4c3C2(C)C)C(C)(C)c2c1ccc1c(S(=O)(=O)O)cc(S(=O)(=O)O)cc21.[K+]. The van der Waals surface area contributed by atoms with Gasteiger partial charge >= 0.3 is 57.4 Å². The first-order valence-electron chi connectivity index (χ1n) is 18.9. The van der Waals surface area contributed by atoms with E-state index in [1.165, 1.54) is 24.3 Å². The normalized spacial score (nSPS) is 17.1. The molecule has 0 saturated carbocycles. The first kappa shape index (κ1) is 49.8. The number of aliphatic carboxylic acids is 1. The topological polar surface area (TPSA) is 261 Å². The summed E-state index contributed by atoms with van der Waals surface area (Å²) in [7, 11) is -19.7. The average molecular weight is 957 g/mol. The van der Waals surface area contributed by atoms with Crippen molar-refractivity contribution in [2.24, 2.45) is 0 Å². The third kappa shape index (κ3) is 9.46. The molecular weight excluding hydrogens is 912 g/mol. The van der Waals surface area contributed by atoms with Gasteiger partial charge in [0.1, 0.15) is 16.3 Å². The Balaban J connectivity index is 0.00000726. The Labute approximate surface area is 403 Å². The molecule has 0 radical (unpaired) electrons. The van der Waals surface area contributed by atoms with Gasteiger partial charge in [0.05, 0.1) is 15.2 Å². The number of carboxylic acid groups (broad SMARTS) is 1. The number of hydrogen-bond donors (Lipinski definition) is 5. The van der Waals surface area contributed by atoms with Gasteiger partial charge in [-0.25, -0.2) is 0 Å². The van der Waals surface area contributed by atoms with Crippen LogP contribution in [-0.2, 0) is 56.1 Å². The van der Waals surface area contributed by atoms with E-state index in [-0.39, 0.29) is 79.4 Å². The third-order valence-electron chi connectivity index (χ3n) is 11.3. The van der Waals surface area contributed by atoms with Crippen LogP contribution in [0.1, 0.15) is 71.4 Å². The molecule has 5 N–H and O–H groups in total. The molecule has 21 heteroatoms. The maximum absolute atomic E-state index is 12.5. The van der Waals surface area contributed by atoms with Crippen LogP contribution in [0.4, 0.5) is 11.4 Å². The molecule has 62 heavy (non-hydrogen) atoms. The summed E-state index contributed by atoms with van der Waals surface area (Å²) in [6, 6.07) is 10.0. The van der Waals surface area contributed by atoms with Crippen molar-refractivity contribution in [2.75, 3.05) is 18.0 Å². The van der Waals surface area contributed by atoms with Crippen molar-refractivity contribution in [1.29, 1.82) is 0 Å². The van der Waals surface area contributed by atoms with E-state index in [0.29, 0.717) is 67.0 Å². The predicted molar refractivity (Wildman–Crippen MR) is 228 cm³/mol. The maximum Gasteiger partial charge on any atom is 1.00 e. The molecule has 2 aliphatic rings. The van der Waals surface area contributed by atoms with Crippen molar-refractivity contribution < 1.29 is 118 Å². The van der Waals surface area contributed by atoms with Crippen molar-refractivity contribution in [3.63, 3.8) is 0 Å². The van der Waals surface area contributed by atoms with Gasteiger partial charge in [0.25, 0.3) is 40.5 Å². The molecule has 6 rings (SSSR count). The fraction of sp³-hybridized carbons (Fsp3) is 0.317. The molecule has 326 valence electrons. The zero-order chi connectivity index (χ0) is 45.2. The molecule has 0 spiro atoms. The smallest absolute Gasteiger partial charge is 0.481 e. The zero-order valence-electron chi connectivity index (χ0n) is 34.7. The Kier molecular flexibility index (Phi) is 14.2. The largest absolute Gasteiger partial charge is 1.00 e. The van der Waals surface area contributed by atoms with E-state index in [1.807, 2.05) is 56.2 Å². The molecule has 0 aromatic heterocycles. The Morgan fingerprint density at radius 2 is 1.19 bits per heavy atom. The van der Waals surface area contributed by atoms with Crippen molar-refractivity contribution in [1.82, 2.24) is 0 Å². The van der Waals surface area contributed by atoms with E-state index in [0.717, 1.165) is 11.4 Å². The third-order valence-corrected chi connectivity index (χ3v) is 14.7. The van der Waals surface area contributed by atoms with Gasteiger partial charge in [-0.15, -0.1) is 0 Å². The van der Waals surface area contributed by atoms with Crippen LogP contribution in [-0.4, -0.2) is 86.3 Å². The standard InChI is InChI=1S/C41H44N2O14S4.K/c1-6-42-31-18-16-27-29(21-25(58(46,47)48)23-33(27)60(52,53)54)38(31)40(2,3)35(42)13-9-7-10-14-36-41(4,5)39-30-22-26(59(49,50)51)24-34(61(55,56)57)28(30)17-19-32(39)43(36)20-12-8-11-15-37(44)45;/h7,9-10,13-14,16-19,21-24H,6,8,11-12,15,20H2,1-5H3,(H4-,44,45,46,47,48,49,50,51,52,53,54,55,56,57);/q;+1/p+1. The minimum atomic E-state index is -4.95. The maximum atomic E-state index is 12.5. The van der Waals surface area contributed by atoms with Crippen LogP contribution in [0.15, 0.2) is 104 Å². The van der Waals surface area contributed by atoms with Gasteiger partial charge in [-0.1, -0.05) is 38.1 Å². The number of carbonyl (C=O) groups is 1. The van der Waals surface area contributed by atoms with Gasteiger partial charge in [-0.2, -0.15) is 38.2 Å². The first-order valence-corrected chi connectivity index (χ1v) is 24.7. The second-order valence-electron chi connectivity index (χ2n) is 15.9. The van der Waals surface area contributed by atoms with Crippen LogP contribution in [0.3, 0.4) is 0 Å². The van der Waals surface area contributed by atoms with Crippen LogP contribution in [0.5, 0.6) is 0 Å². The average Bonchev–Trinajstić information content (AvgIpc) is 3.49. The van der Waals surface area contributed by atoms with Crippen LogP contribution in [0, 0.1) is 0 Å². The Morgan fingerprint density at radius 1 is 0.661 bits per heavy atom. The number of fused-ring (bicyclic) bond motifs is 6. The molecule has 4 aromatic carbocycles. The number of rotatable bonds is 14.